The second-order valence-corrected chi connectivity index (χ2v) is 8.64. The summed E-state index contributed by atoms with van der Waals surface area (Å²) in [5.41, 5.74) is 5.30. The standard InChI is InChI=1S/C26H28N6O2/c27-18-19-15-20(17-23(16-19)32-11-13-34-14-12-32)25-5-8-28-26(30-25)29-21-1-3-22(4-2-21)31-9-6-24(33)7-10-31/h1-5,8,15-17,24,33H,6-7,9-14H2,(H,28,29,30). The number of aliphatic hydroxyl groups is 1. The number of nitrogens with one attached hydrogen (secondary N) is 1. The molecule has 174 valence electrons. The van der Waals surface area contributed by atoms with Crippen LogP contribution in [0.1, 0.15) is 18.4 Å². The number of ether oxygens (including phenoxy) is 1. The highest BCUT2D eigenvalue weighted by atomic mass is 16.5. The fourth-order valence-electron chi connectivity index (χ4n) is 4.42. The van der Waals surface area contributed by atoms with Crippen LogP contribution in [-0.4, -0.2) is 60.6 Å². The van der Waals surface area contributed by atoms with E-state index < -0.39 is 0 Å². The molecule has 2 N–H and O–H groups in total. The number of nitriles is 1. The first-order valence-corrected chi connectivity index (χ1v) is 11.7. The lowest BCUT2D eigenvalue weighted by atomic mass is 10.1. The Morgan fingerprint density at radius 2 is 1.68 bits per heavy atom. The van der Waals surface area contributed by atoms with Gasteiger partial charge in [0.15, 0.2) is 0 Å². The Balaban J connectivity index is 1.33. The third-order valence-electron chi connectivity index (χ3n) is 6.33. The number of hydrogen-bond acceptors (Lipinski definition) is 8. The van der Waals surface area contributed by atoms with Gasteiger partial charge in [0.2, 0.25) is 5.95 Å². The third kappa shape index (κ3) is 5.11. The third-order valence-corrected chi connectivity index (χ3v) is 6.33. The topological polar surface area (TPSA) is 97.5 Å². The molecule has 8 heteroatoms. The predicted molar refractivity (Wildman–Crippen MR) is 132 cm³/mol. The van der Waals surface area contributed by atoms with Crippen LogP contribution in [0.2, 0.25) is 0 Å². The minimum atomic E-state index is -0.180. The van der Waals surface area contributed by atoms with Crippen LogP contribution in [0, 0.1) is 11.3 Å². The van der Waals surface area contributed by atoms with Crippen molar-refractivity contribution in [2.75, 3.05) is 54.5 Å². The van der Waals surface area contributed by atoms with E-state index in [0.29, 0.717) is 24.7 Å². The van der Waals surface area contributed by atoms with E-state index >= 15 is 0 Å². The molecule has 2 aliphatic heterocycles. The van der Waals surface area contributed by atoms with Crippen LogP contribution < -0.4 is 15.1 Å². The molecule has 1 aromatic heterocycles. The van der Waals surface area contributed by atoms with Crippen molar-refractivity contribution < 1.29 is 9.84 Å². The second kappa shape index (κ2) is 10.1. The van der Waals surface area contributed by atoms with Gasteiger partial charge in [0.1, 0.15) is 0 Å². The molecule has 0 atom stereocenters. The molecule has 3 heterocycles. The molecule has 2 fully saturated rings. The summed E-state index contributed by atoms with van der Waals surface area (Å²) in [5.74, 6) is 0.502. The van der Waals surface area contributed by atoms with Crippen LogP contribution in [0.3, 0.4) is 0 Å². The van der Waals surface area contributed by atoms with Gasteiger partial charge in [0, 0.05) is 55.0 Å². The van der Waals surface area contributed by atoms with Gasteiger partial charge in [-0.25, -0.2) is 9.97 Å². The highest BCUT2D eigenvalue weighted by molar-refractivity contribution is 5.70. The van der Waals surface area contributed by atoms with Crippen molar-refractivity contribution in [3.63, 3.8) is 0 Å². The summed E-state index contributed by atoms with van der Waals surface area (Å²) in [6, 6.07) is 18.2. The molecule has 0 bridgehead atoms. The summed E-state index contributed by atoms with van der Waals surface area (Å²) in [7, 11) is 0. The van der Waals surface area contributed by atoms with E-state index in [1.165, 1.54) is 0 Å². The van der Waals surface area contributed by atoms with Gasteiger partial charge in [-0.3, -0.25) is 0 Å². The monoisotopic (exact) mass is 456 g/mol. The largest absolute Gasteiger partial charge is 0.393 e. The Morgan fingerprint density at radius 1 is 0.941 bits per heavy atom. The first kappa shape index (κ1) is 22.1. The maximum absolute atomic E-state index is 9.72. The molecule has 0 radical (unpaired) electrons. The molecule has 0 aliphatic carbocycles. The molecule has 3 aromatic rings. The predicted octanol–water partition coefficient (Wildman–Crippen LogP) is 3.56. The van der Waals surface area contributed by atoms with Gasteiger partial charge in [-0.1, -0.05) is 0 Å². The van der Waals surface area contributed by atoms with Crippen molar-refractivity contribution in [3.05, 3.63) is 60.3 Å². The lowest BCUT2D eigenvalue weighted by Gasteiger charge is -2.31. The Kier molecular flexibility index (Phi) is 6.56. The number of rotatable bonds is 5. The van der Waals surface area contributed by atoms with Gasteiger partial charge in [-0.05, 0) is 61.4 Å². The summed E-state index contributed by atoms with van der Waals surface area (Å²) in [4.78, 5) is 13.6. The Bertz CT molecular complexity index is 1160. The Hall–Kier alpha value is -3.67. The molecule has 0 spiro atoms. The van der Waals surface area contributed by atoms with Crippen LogP contribution in [-0.2, 0) is 4.74 Å². The average molecular weight is 457 g/mol. The number of anilines is 4. The van der Waals surface area contributed by atoms with Crippen molar-refractivity contribution in [1.82, 2.24) is 9.97 Å². The summed E-state index contributed by atoms with van der Waals surface area (Å²) >= 11 is 0. The zero-order chi connectivity index (χ0) is 23.3. The van der Waals surface area contributed by atoms with E-state index in [4.69, 9.17) is 9.72 Å². The average Bonchev–Trinajstić information content (AvgIpc) is 2.90. The molecular formula is C26H28N6O2. The number of benzene rings is 2. The minimum Gasteiger partial charge on any atom is -0.393 e. The number of aromatic nitrogens is 2. The minimum absolute atomic E-state index is 0.180. The van der Waals surface area contributed by atoms with Crippen molar-refractivity contribution >= 4 is 23.0 Å². The zero-order valence-electron chi connectivity index (χ0n) is 19.0. The molecule has 2 saturated heterocycles. The van der Waals surface area contributed by atoms with Gasteiger partial charge in [0.05, 0.1) is 36.6 Å². The van der Waals surface area contributed by atoms with Crippen LogP contribution in [0.4, 0.5) is 23.0 Å². The van der Waals surface area contributed by atoms with Crippen LogP contribution in [0.5, 0.6) is 0 Å². The lowest BCUT2D eigenvalue weighted by Crippen LogP contribution is -2.36. The van der Waals surface area contributed by atoms with E-state index in [1.807, 2.05) is 30.3 Å². The fraction of sp³-hybridized carbons (Fsp3) is 0.346. The Labute approximate surface area is 199 Å². The number of aliphatic hydroxyl groups excluding tert-OH is 1. The lowest BCUT2D eigenvalue weighted by molar-refractivity contribution is 0.122. The van der Waals surface area contributed by atoms with E-state index in [0.717, 1.165) is 67.3 Å². The smallest absolute Gasteiger partial charge is 0.227 e. The van der Waals surface area contributed by atoms with E-state index in [9.17, 15) is 10.4 Å². The molecule has 0 amide bonds. The van der Waals surface area contributed by atoms with Crippen molar-refractivity contribution in [1.29, 1.82) is 5.26 Å². The van der Waals surface area contributed by atoms with Crippen molar-refractivity contribution in [2.24, 2.45) is 0 Å². The van der Waals surface area contributed by atoms with Gasteiger partial charge < -0.3 is 25.0 Å². The number of piperidine rings is 1. The highest BCUT2D eigenvalue weighted by Crippen LogP contribution is 2.28. The van der Waals surface area contributed by atoms with Crippen LogP contribution >= 0.6 is 0 Å². The van der Waals surface area contributed by atoms with Gasteiger partial charge in [-0.15, -0.1) is 0 Å². The van der Waals surface area contributed by atoms with Crippen LogP contribution in [0.25, 0.3) is 11.3 Å². The SMILES string of the molecule is N#Cc1cc(-c2ccnc(Nc3ccc(N4CCC(O)CC4)cc3)n2)cc(N2CCOCC2)c1. The maximum Gasteiger partial charge on any atom is 0.227 e. The van der Waals surface area contributed by atoms with Crippen molar-refractivity contribution in [3.8, 4) is 17.3 Å². The summed E-state index contributed by atoms with van der Waals surface area (Å²) in [5, 5.41) is 22.6. The van der Waals surface area contributed by atoms with Gasteiger partial charge >= 0.3 is 0 Å². The Morgan fingerprint density at radius 3 is 2.41 bits per heavy atom. The number of morpholine rings is 1. The normalized spacial score (nSPS) is 16.8. The molecule has 0 unspecified atom stereocenters. The molecular weight excluding hydrogens is 428 g/mol. The van der Waals surface area contributed by atoms with E-state index in [-0.39, 0.29) is 6.10 Å². The fourth-order valence-corrected chi connectivity index (χ4v) is 4.42. The molecule has 0 saturated carbocycles. The van der Waals surface area contributed by atoms with E-state index in [2.05, 4.69) is 44.4 Å². The quantitative estimate of drug-likeness (QED) is 0.602. The molecule has 2 aromatic carbocycles. The summed E-state index contributed by atoms with van der Waals surface area (Å²) < 4.78 is 5.46. The molecule has 34 heavy (non-hydrogen) atoms. The highest BCUT2D eigenvalue weighted by Gasteiger charge is 2.17. The summed E-state index contributed by atoms with van der Waals surface area (Å²) in [6.45, 7) is 4.72. The van der Waals surface area contributed by atoms with Crippen LogP contribution in [0.15, 0.2) is 54.7 Å². The second-order valence-electron chi connectivity index (χ2n) is 8.64. The number of nitrogens with zero attached hydrogens (tertiary/aromatic N) is 5. The van der Waals surface area contributed by atoms with Crippen molar-refractivity contribution in [2.45, 2.75) is 18.9 Å². The summed E-state index contributed by atoms with van der Waals surface area (Å²) in [6.07, 6.45) is 3.16. The number of hydrogen-bond donors (Lipinski definition) is 2. The molecule has 8 nitrogen and oxygen atoms in total. The van der Waals surface area contributed by atoms with Gasteiger partial charge in [0.25, 0.3) is 0 Å². The van der Waals surface area contributed by atoms with Gasteiger partial charge in [-0.2, -0.15) is 5.26 Å². The zero-order valence-corrected chi connectivity index (χ0v) is 19.0. The molecule has 5 rings (SSSR count). The first-order valence-electron chi connectivity index (χ1n) is 11.7. The molecule has 2 aliphatic rings. The van der Waals surface area contributed by atoms with E-state index in [1.54, 1.807) is 6.20 Å². The maximum atomic E-state index is 9.72. The first-order chi connectivity index (χ1) is 16.7.